The Morgan fingerprint density at radius 2 is 1.77 bits per heavy atom. The highest BCUT2D eigenvalue weighted by atomic mass is 32.2. The van der Waals surface area contributed by atoms with E-state index in [9.17, 15) is 33.3 Å². The lowest BCUT2D eigenvalue weighted by molar-refractivity contribution is -0.384. The monoisotopic (exact) mass is 453 g/mol. The zero-order valence-corrected chi connectivity index (χ0v) is 16.9. The Bertz CT molecular complexity index is 987. The maximum Gasteiger partial charge on any atom is 0.319 e. The van der Waals surface area contributed by atoms with Crippen LogP contribution in [0, 0.1) is 21.7 Å². The van der Waals surface area contributed by atoms with E-state index >= 15 is 0 Å². The molecule has 0 aliphatic heterocycles. The van der Waals surface area contributed by atoms with Gasteiger partial charge in [-0.25, -0.2) is 8.78 Å². The van der Waals surface area contributed by atoms with E-state index in [1.165, 1.54) is 31.2 Å². The number of nitrogens with one attached hydrogen (secondary N) is 2. The number of halogens is 2. The number of hydrogen-bond acceptors (Lipinski definition) is 7. The summed E-state index contributed by atoms with van der Waals surface area (Å²) in [6.45, 7) is 0.726. The van der Waals surface area contributed by atoms with Crippen molar-refractivity contribution in [3.05, 3.63) is 64.2 Å². The zero-order chi connectivity index (χ0) is 23.0. The first-order valence-corrected chi connectivity index (χ1v) is 9.78. The molecule has 2 aromatic rings. The first-order chi connectivity index (χ1) is 14.7. The van der Waals surface area contributed by atoms with Gasteiger partial charge in [0.15, 0.2) is 6.61 Å². The van der Waals surface area contributed by atoms with Gasteiger partial charge in [-0.3, -0.25) is 24.5 Å². The Hall–Kier alpha value is -3.54. The number of nitro benzene ring substituents is 1. The van der Waals surface area contributed by atoms with Crippen molar-refractivity contribution in [2.75, 3.05) is 23.0 Å². The molecule has 1 atom stereocenters. The lowest BCUT2D eigenvalue weighted by atomic mass is 10.2. The van der Waals surface area contributed by atoms with E-state index < -0.39 is 57.6 Å². The summed E-state index contributed by atoms with van der Waals surface area (Å²) in [7, 11) is 0. The summed E-state index contributed by atoms with van der Waals surface area (Å²) in [6.07, 6.45) is 0. The number of carbonyl (C=O) groups excluding carboxylic acids is 3. The average molecular weight is 453 g/mol. The lowest BCUT2D eigenvalue weighted by Crippen LogP contribution is -2.26. The molecule has 2 amide bonds. The highest BCUT2D eigenvalue weighted by molar-refractivity contribution is 8.01. The molecule has 31 heavy (non-hydrogen) atoms. The number of amides is 2. The minimum Gasteiger partial charge on any atom is -0.455 e. The molecular weight excluding hydrogens is 436 g/mol. The fourth-order valence-corrected chi connectivity index (χ4v) is 2.84. The largest absolute Gasteiger partial charge is 0.455 e. The first-order valence-electron chi connectivity index (χ1n) is 8.73. The molecule has 2 rings (SSSR count). The van der Waals surface area contributed by atoms with Gasteiger partial charge in [-0.05, 0) is 37.3 Å². The highest BCUT2D eigenvalue weighted by Gasteiger charge is 2.19. The fraction of sp³-hybridized carbons (Fsp3) is 0.211. The lowest BCUT2D eigenvalue weighted by Gasteiger charge is -2.12. The smallest absolute Gasteiger partial charge is 0.319 e. The Labute approximate surface area is 179 Å². The van der Waals surface area contributed by atoms with Crippen LogP contribution in [0.5, 0.6) is 0 Å². The molecular formula is C19H17F2N3O6S. The van der Waals surface area contributed by atoms with Gasteiger partial charge in [-0.1, -0.05) is 0 Å². The number of esters is 1. The van der Waals surface area contributed by atoms with Crippen LogP contribution in [0.15, 0.2) is 42.5 Å². The van der Waals surface area contributed by atoms with Crippen LogP contribution in [0.2, 0.25) is 0 Å². The Kier molecular flexibility index (Phi) is 8.43. The molecule has 0 saturated heterocycles. The van der Waals surface area contributed by atoms with Crippen molar-refractivity contribution in [2.24, 2.45) is 0 Å². The number of hydrogen-bond donors (Lipinski definition) is 2. The molecule has 0 aliphatic carbocycles. The molecule has 0 aromatic heterocycles. The van der Waals surface area contributed by atoms with Crippen LogP contribution in [0.1, 0.15) is 6.92 Å². The summed E-state index contributed by atoms with van der Waals surface area (Å²) in [5, 5.41) is 14.6. The number of nitro groups is 1. The minimum atomic E-state index is -0.890. The molecule has 9 nitrogen and oxygen atoms in total. The number of nitrogens with zero attached hydrogens (tertiary/aromatic N) is 1. The molecule has 0 bridgehead atoms. The van der Waals surface area contributed by atoms with Crippen LogP contribution in [-0.2, 0) is 19.1 Å². The number of benzene rings is 2. The van der Waals surface area contributed by atoms with E-state index in [0.29, 0.717) is 5.69 Å². The van der Waals surface area contributed by atoms with Crippen molar-refractivity contribution >= 4 is 46.6 Å². The van der Waals surface area contributed by atoms with Gasteiger partial charge < -0.3 is 15.4 Å². The number of non-ortho nitro benzene ring substituents is 1. The Morgan fingerprint density at radius 3 is 2.42 bits per heavy atom. The predicted molar refractivity (Wildman–Crippen MR) is 110 cm³/mol. The molecule has 0 spiro atoms. The summed E-state index contributed by atoms with van der Waals surface area (Å²) in [4.78, 5) is 45.6. The zero-order valence-electron chi connectivity index (χ0n) is 16.1. The molecule has 2 N–H and O–H groups in total. The molecule has 12 heteroatoms. The van der Waals surface area contributed by atoms with Crippen LogP contribution in [0.25, 0.3) is 0 Å². The van der Waals surface area contributed by atoms with Crippen LogP contribution in [-0.4, -0.2) is 40.3 Å². The topological polar surface area (TPSA) is 128 Å². The summed E-state index contributed by atoms with van der Waals surface area (Å²) in [5.41, 5.74) is -0.444. The number of rotatable bonds is 9. The third-order valence-electron chi connectivity index (χ3n) is 3.70. The molecule has 1 unspecified atom stereocenters. The third kappa shape index (κ3) is 7.66. The van der Waals surface area contributed by atoms with Crippen molar-refractivity contribution in [3.63, 3.8) is 0 Å². The standard InChI is InChI=1S/C19H17F2N3O6S/c1-11(31-10-18(26)22-13-4-2-12(20)3-5-13)19(27)30-9-17(25)23-16-8-14(24(28)29)6-7-15(16)21/h2-8,11H,9-10H2,1H3,(H,22,26)(H,23,25). The average Bonchev–Trinajstić information content (AvgIpc) is 2.73. The van der Waals surface area contributed by atoms with Crippen molar-refractivity contribution in [1.29, 1.82) is 0 Å². The van der Waals surface area contributed by atoms with E-state index in [2.05, 4.69) is 10.6 Å². The van der Waals surface area contributed by atoms with Gasteiger partial charge >= 0.3 is 5.97 Å². The van der Waals surface area contributed by atoms with Crippen LogP contribution < -0.4 is 10.6 Å². The molecule has 0 aliphatic rings. The predicted octanol–water partition coefficient (Wildman–Crippen LogP) is 3.12. The van der Waals surface area contributed by atoms with Gasteiger partial charge in [-0.15, -0.1) is 11.8 Å². The third-order valence-corrected chi connectivity index (χ3v) is 4.83. The minimum absolute atomic E-state index is 0.0985. The SMILES string of the molecule is CC(SCC(=O)Nc1ccc(F)cc1)C(=O)OCC(=O)Nc1cc([N+](=O)[O-])ccc1F. The van der Waals surface area contributed by atoms with Gasteiger partial charge in [0.2, 0.25) is 5.91 Å². The number of ether oxygens (including phenoxy) is 1. The molecule has 0 fully saturated rings. The summed E-state index contributed by atoms with van der Waals surface area (Å²) < 4.78 is 31.3. The number of anilines is 2. The maximum absolute atomic E-state index is 13.7. The fourth-order valence-electron chi connectivity index (χ4n) is 2.16. The van der Waals surface area contributed by atoms with E-state index in [1.54, 1.807) is 0 Å². The second-order valence-corrected chi connectivity index (χ2v) is 7.41. The van der Waals surface area contributed by atoms with Gasteiger partial charge in [0.1, 0.15) is 16.9 Å². The molecule has 0 radical (unpaired) electrons. The quantitative estimate of drug-likeness (QED) is 0.339. The normalized spacial score (nSPS) is 11.3. The Morgan fingerprint density at radius 1 is 1.10 bits per heavy atom. The van der Waals surface area contributed by atoms with Gasteiger partial charge in [0.05, 0.1) is 16.4 Å². The van der Waals surface area contributed by atoms with Crippen molar-refractivity contribution in [2.45, 2.75) is 12.2 Å². The first kappa shape index (κ1) is 23.7. The van der Waals surface area contributed by atoms with Crippen molar-refractivity contribution in [3.8, 4) is 0 Å². The number of carbonyl (C=O) groups is 3. The molecule has 164 valence electrons. The van der Waals surface area contributed by atoms with Crippen LogP contribution in [0.3, 0.4) is 0 Å². The van der Waals surface area contributed by atoms with E-state index in [1.807, 2.05) is 0 Å². The van der Waals surface area contributed by atoms with Crippen LogP contribution in [0.4, 0.5) is 25.8 Å². The van der Waals surface area contributed by atoms with Crippen molar-refractivity contribution < 1.29 is 32.8 Å². The van der Waals surface area contributed by atoms with Gasteiger partial charge in [-0.2, -0.15) is 0 Å². The van der Waals surface area contributed by atoms with E-state index in [-0.39, 0.29) is 5.75 Å². The van der Waals surface area contributed by atoms with Crippen molar-refractivity contribution in [1.82, 2.24) is 0 Å². The molecule has 0 heterocycles. The Balaban J connectivity index is 1.76. The van der Waals surface area contributed by atoms with Gasteiger partial charge in [0.25, 0.3) is 11.6 Å². The molecule has 0 saturated carbocycles. The maximum atomic E-state index is 13.7. The van der Waals surface area contributed by atoms with E-state index in [0.717, 1.165) is 30.0 Å². The summed E-state index contributed by atoms with van der Waals surface area (Å²) in [6, 6.07) is 7.76. The second-order valence-electron chi connectivity index (χ2n) is 6.09. The summed E-state index contributed by atoms with van der Waals surface area (Å²) >= 11 is 0.951. The second kappa shape index (κ2) is 11.0. The highest BCUT2D eigenvalue weighted by Crippen LogP contribution is 2.21. The number of thioether (sulfide) groups is 1. The van der Waals surface area contributed by atoms with Crippen LogP contribution >= 0.6 is 11.8 Å². The van der Waals surface area contributed by atoms with Gasteiger partial charge in [0, 0.05) is 17.8 Å². The molecule has 2 aromatic carbocycles. The summed E-state index contributed by atoms with van der Waals surface area (Å²) in [5.74, 6) is -3.52. The van der Waals surface area contributed by atoms with E-state index in [4.69, 9.17) is 4.74 Å².